The van der Waals surface area contributed by atoms with Gasteiger partial charge in [0, 0.05) is 6.42 Å². The van der Waals surface area contributed by atoms with Crippen molar-refractivity contribution in [3.8, 4) is 0 Å². The second-order valence-corrected chi connectivity index (χ2v) is 17.6. The van der Waals surface area contributed by atoms with Gasteiger partial charge >= 0.3 is 0 Å². The molecule has 0 saturated carbocycles. The van der Waals surface area contributed by atoms with E-state index < -0.39 is 49.5 Å². The SMILES string of the molecule is CCCCCCCCCCCCCCC/C=C/[C@@H](O)[C@H](CO[C@H]1O[C@@H](CO)[C@H](O)C(O)C1O)NC(=O)CCCCCCCCCCCCCCCCCCCCCC. The maximum atomic E-state index is 13.0. The van der Waals surface area contributed by atoms with Gasteiger partial charge in [-0.15, -0.1) is 0 Å². The number of allylic oxidation sites excluding steroid dienone is 1. The molecule has 0 aliphatic carbocycles. The predicted octanol–water partition coefficient (Wildman–Crippen LogP) is 10.9. The van der Waals surface area contributed by atoms with E-state index in [-0.39, 0.29) is 12.5 Å². The summed E-state index contributed by atoms with van der Waals surface area (Å²) in [4.78, 5) is 13.0. The van der Waals surface area contributed by atoms with Crippen LogP contribution in [0.5, 0.6) is 0 Å². The highest BCUT2D eigenvalue weighted by Gasteiger charge is 2.44. The maximum absolute atomic E-state index is 13.0. The summed E-state index contributed by atoms with van der Waals surface area (Å²) in [7, 11) is 0. The molecule has 0 radical (unpaired) electrons. The molecule has 1 fully saturated rings. The molecule has 0 spiro atoms. The summed E-state index contributed by atoms with van der Waals surface area (Å²) in [6.45, 7) is 3.80. The summed E-state index contributed by atoms with van der Waals surface area (Å²) in [5.41, 5.74) is 0. The van der Waals surface area contributed by atoms with E-state index in [0.29, 0.717) is 6.42 Å². The largest absolute Gasteiger partial charge is 0.394 e. The molecule has 0 aromatic rings. The summed E-state index contributed by atoms with van der Waals surface area (Å²) in [5.74, 6) is -0.172. The number of rotatable bonds is 42. The van der Waals surface area contributed by atoms with E-state index >= 15 is 0 Å². The van der Waals surface area contributed by atoms with Crippen molar-refractivity contribution in [3.05, 3.63) is 12.2 Å². The second-order valence-electron chi connectivity index (χ2n) is 17.6. The lowest BCUT2D eigenvalue weighted by atomic mass is 9.99. The van der Waals surface area contributed by atoms with Gasteiger partial charge in [0.2, 0.25) is 5.91 Å². The summed E-state index contributed by atoms with van der Waals surface area (Å²) in [5, 5.41) is 54.3. The van der Waals surface area contributed by atoms with E-state index in [9.17, 15) is 30.3 Å². The standard InChI is InChI=1S/C49H95NO8/c1-3-5-7-9-11-13-15-17-19-20-21-22-23-25-27-29-31-33-35-37-39-45(53)50-42(41-57-49-48(56)47(55)46(54)44(40-51)58-49)43(52)38-36-34-32-30-28-26-24-18-16-14-12-10-8-6-4-2/h36,38,42-44,46-49,51-52,54-56H,3-35,37,39-41H2,1-2H3,(H,50,53)/b38-36+/t42-,43+,44-,46-,47?,48?,49-/m0/s1. The number of aliphatic hydroxyl groups is 5. The normalized spacial score (nSPS) is 20.8. The molecule has 1 amide bonds. The van der Waals surface area contributed by atoms with Crippen LogP contribution < -0.4 is 5.32 Å². The Balaban J connectivity index is 2.29. The highest BCUT2D eigenvalue weighted by atomic mass is 16.7. The summed E-state index contributed by atoms with van der Waals surface area (Å²) in [6.07, 6.45) is 39.7. The van der Waals surface area contributed by atoms with Crippen molar-refractivity contribution in [1.29, 1.82) is 0 Å². The predicted molar refractivity (Wildman–Crippen MR) is 240 cm³/mol. The Hall–Kier alpha value is -1.07. The zero-order valence-corrected chi connectivity index (χ0v) is 37.8. The molecule has 1 saturated heterocycles. The van der Waals surface area contributed by atoms with Crippen molar-refractivity contribution in [1.82, 2.24) is 5.32 Å². The Labute approximate surface area is 356 Å². The quantitative estimate of drug-likeness (QED) is 0.0263. The molecule has 1 aliphatic rings. The van der Waals surface area contributed by atoms with Crippen LogP contribution in [0.3, 0.4) is 0 Å². The molecule has 6 N–H and O–H groups in total. The Morgan fingerprint density at radius 2 is 0.948 bits per heavy atom. The first-order valence-electron chi connectivity index (χ1n) is 24.9. The van der Waals surface area contributed by atoms with Gasteiger partial charge in [0.05, 0.1) is 25.4 Å². The monoisotopic (exact) mass is 826 g/mol. The number of nitrogens with one attached hydrogen (secondary N) is 1. The minimum absolute atomic E-state index is 0.172. The third-order valence-electron chi connectivity index (χ3n) is 12.1. The Morgan fingerprint density at radius 3 is 1.34 bits per heavy atom. The number of unbranched alkanes of at least 4 members (excludes halogenated alkanes) is 32. The van der Waals surface area contributed by atoms with Gasteiger partial charge in [-0.3, -0.25) is 4.79 Å². The third kappa shape index (κ3) is 30.0. The van der Waals surface area contributed by atoms with E-state index in [0.717, 1.165) is 38.5 Å². The van der Waals surface area contributed by atoms with Crippen LogP contribution in [0.25, 0.3) is 0 Å². The van der Waals surface area contributed by atoms with Crippen LogP contribution in [0, 0.1) is 0 Å². The maximum Gasteiger partial charge on any atom is 0.220 e. The molecule has 58 heavy (non-hydrogen) atoms. The van der Waals surface area contributed by atoms with E-state index in [1.165, 1.54) is 180 Å². The first-order valence-corrected chi connectivity index (χ1v) is 24.9. The number of amides is 1. The van der Waals surface area contributed by atoms with Gasteiger partial charge in [-0.05, 0) is 19.3 Å². The van der Waals surface area contributed by atoms with Crippen molar-refractivity contribution >= 4 is 5.91 Å². The van der Waals surface area contributed by atoms with Crippen LogP contribution in [0.15, 0.2) is 12.2 Å². The topological polar surface area (TPSA) is 149 Å². The zero-order chi connectivity index (χ0) is 42.3. The van der Waals surface area contributed by atoms with Crippen molar-refractivity contribution in [2.24, 2.45) is 0 Å². The number of aliphatic hydroxyl groups excluding tert-OH is 5. The lowest BCUT2D eigenvalue weighted by molar-refractivity contribution is -0.302. The van der Waals surface area contributed by atoms with Crippen LogP contribution in [0.4, 0.5) is 0 Å². The molecular weight excluding hydrogens is 731 g/mol. The van der Waals surface area contributed by atoms with Crippen LogP contribution in [-0.2, 0) is 14.3 Å². The fourth-order valence-electron chi connectivity index (χ4n) is 8.10. The summed E-state index contributed by atoms with van der Waals surface area (Å²) < 4.78 is 11.2. The van der Waals surface area contributed by atoms with Gasteiger partial charge in [-0.25, -0.2) is 0 Å². The van der Waals surface area contributed by atoms with E-state index in [1.807, 2.05) is 6.08 Å². The van der Waals surface area contributed by atoms with Crippen molar-refractivity contribution < 1.29 is 39.8 Å². The molecule has 0 aromatic heterocycles. The number of hydrogen-bond acceptors (Lipinski definition) is 8. The molecule has 7 atom stereocenters. The number of hydrogen-bond donors (Lipinski definition) is 6. The van der Waals surface area contributed by atoms with Crippen LogP contribution >= 0.6 is 0 Å². The average molecular weight is 826 g/mol. The molecule has 344 valence electrons. The second kappa shape index (κ2) is 40.0. The van der Waals surface area contributed by atoms with Gasteiger partial charge < -0.3 is 40.3 Å². The van der Waals surface area contributed by atoms with Crippen molar-refractivity contribution in [3.63, 3.8) is 0 Å². The van der Waals surface area contributed by atoms with E-state index in [4.69, 9.17) is 9.47 Å². The molecule has 9 heteroatoms. The lowest BCUT2D eigenvalue weighted by Crippen LogP contribution is -2.60. The molecule has 1 aliphatic heterocycles. The fourth-order valence-corrected chi connectivity index (χ4v) is 8.10. The smallest absolute Gasteiger partial charge is 0.220 e. The zero-order valence-electron chi connectivity index (χ0n) is 37.8. The molecule has 0 aromatic carbocycles. The Kier molecular flexibility index (Phi) is 37.9. The van der Waals surface area contributed by atoms with Gasteiger partial charge in [0.25, 0.3) is 0 Å². The summed E-state index contributed by atoms with van der Waals surface area (Å²) >= 11 is 0. The molecule has 1 rings (SSSR count). The first kappa shape index (κ1) is 54.9. The Morgan fingerprint density at radius 1 is 0.569 bits per heavy atom. The number of ether oxygens (including phenoxy) is 2. The summed E-state index contributed by atoms with van der Waals surface area (Å²) in [6, 6.07) is -0.798. The number of carbonyl (C=O) groups is 1. The van der Waals surface area contributed by atoms with Crippen LogP contribution in [-0.4, -0.2) is 87.5 Å². The van der Waals surface area contributed by atoms with Gasteiger partial charge in [-0.2, -0.15) is 0 Å². The average Bonchev–Trinajstić information content (AvgIpc) is 3.22. The highest BCUT2D eigenvalue weighted by molar-refractivity contribution is 5.76. The fraction of sp³-hybridized carbons (Fsp3) is 0.939. The van der Waals surface area contributed by atoms with Gasteiger partial charge in [-0.1, -0.05) is 225 Å². The number of carbonyl (C=O) groups excluding carboxylic acids is 1. The Bertz CT molecular complexity index is 919. The molecule has 2 unspecified atom stereocenters. The van der Waals surface area contributed by atoms with Crippen LogP contribution in [0.1, 0.15) is 239 Å². The van der Waals surface area contributed by atoms with Crippen molar-refractivity contribution in [2.45, 2.75) is 281 Å². The minimum atomic E-state index is -1.56. The van der Waals surface area contributed by atoms with Crippen molar-refractivity contribution in [2.75, 3.05) is 13.2 Å². The van der Waals surface area contributed by atoms with Gasteiger partial charge in [0.15, 0.2) is 6.29 Å². The third-order valence-corrected chi connectivity index (χ3v) is 12.1. The lowest BCUT2D eigenvalue weighted by Gasteiger charge is -2.40. The van der Waals surface area contributed by atoms with E-state index in [1.54, 1.807) is 6.08 Å². The minimum Gasteiger partial charge on any atom is -0.394 e. The molecule has 9 nitrogen and oxygen atoms in total. The highest BCUT2D eigenvalue weighted by Crippen LogP contribution is 2.23. The van der Waals surface area contributed by atoms with Gasteiger partial charge in [0.1, 0.15) is 24.4 Å². The molecule has 0 bridgehead atoms. The first-order chi connectivity index (χ1) is 28.3. The molecule has 1 heterocycles. The van der Waals surface area contributed by atoms with Crippen LogP contribution in [0.2, 0.25) is 0 Å². The van der Waals surface area contributed by atoms with E-state index in [2.05, 4.69) is 19.2 Å². The molecular formula is C49H95NO8.